The summed E-state index contributed by atoms with van der Waals surface area (Å²) in [5.41, 5.74) is 4.09. The van der Waals surface area contributed by atoms with Crippen molar-refractivity contribution < 1.29 is 22.6 Å². The van der Waals surface area contributed by atoms with Crippen LogP contribution in [0.25, 0.3) is 0 Å². The van der Waals surface area contributed by atoms with E-state index in [4.69, 9.17) is 14.8 Å². The van der Waals surface area contributed by atoms with Crippen LogP contribution in [-0.4, -0.2) is 24.3 Å². The van der Waals surface area contributed by atoms with Gasteiger partial charge in [-0.3, -0.25) is 9.35 Å². The number of primary amides is 1. The highest BCUT2D eigenvalue weighted by molar-refractivity contribution is 8.01. The van der Waals surface area contributed by atoms with Gasteiger partial charge in [-0.1, -0.05) is 0 Å². The Morgan fingerprint density at radius 1 is 1.60 bits per heavy atom. The molecule has 0 spiro atoms. The van der Waals surface area contributed by atoms with Crippen LogP contribution in [0.4, 0.5) is 4.79 Å². The Labute approximate surface area is 56.1 Å². The molecule has 0 radical (unpaired) electrons. The van der Waals surface area contributed by atoms with E-state index in [0.717, 1.165) is 6.08 Å². The summed E-state index contributed by atoms with van der Waals surface area (Å²) in [4.78, 5) is 17.8. The van der Waals surface area contributed by atoms with Crippen molar-refractivity contribution in [2.75, 3.05) is 0 Å². The van der Waals surface area contributed by atoms with Crippen molar-refractivity contribution >= 4 is 21.4 Å². The molecule has 0 bridgehead atoms. The second-order valence-corrected chi connectivity index (χ2v) is 2.25. The SMILES string of the molecule is N=C=O.NC(=O)S(=O)(=O)O. The third-order valence-electron chi connectivity index (χ3n) is 0.254. The molecule has 7 nitrogen and oxygen atoms in total. The second-order valence-electron chi connectivity index (χ2n) is 0.896. The van der Waals surface area contributed by atoms with Crippen molar-refractivity contribution in [3.63, 3.8) is 0 Å². The third-order valence-corrected chi connectivity index (χ3v) is 0.763. The maximum atomic E-state index is 9.41. The van der Waals surface area contributed by atoms with E-state index >= 15 is 0 Å². The van der Waals surface area contributed by atoms with Crippen LogP contribution in [0.2, 0.25) is 0 Å². The van der Waals surface area contributed by atoms with Gasteiger partial charge in [0.1, 0.15) is 0 Å². The first kappa shape index (κ1) is 11.5. The quantitative estimate of drug-likeness (QED) is 0.238. The number of rotatable bonds is 0. The highest BCUT2D eigenvalue weighted by atomic mass is 32.2. The lowest BCUT2D eigenvalue weighted by Gasteiger charge is -1.80. The van der Waals surface area contributed by atoms with Gasteiger partial charge in [0.25, 0.3) is 0 Å². The van der Waals surface area contributed by atoms with Crippen LogP contribution in [0.1, 0.15) is 0 Å². The Morgan fingerprint density at radius 2 is 1.70 bits per heavy atom. The summed E-state index contributed by atoms with van der Waals surface area (Å²) in [7, 11) is -4.60. The van der Waals surface area contributed by atoms with Gasteiger partial charge in [0.15, 0.2) is 0 Å². The lowest BCUT2D eigenvalue weighted by Crippen LogP contribution is -2.20. The van der Waals surface area contributed by atoms with E-state index in [0.29, 0.717) is 0 Å². The van der Waals surface area contributed by atoms with Gasteiger partial charge in [0, 0.05) is 0 Å². The summed E-state index contributed by atoms with van der Waals surface area (Å²) in [6, 6.07) is 0. The topological polar surface area (TPSA) is 138 Å². The minimum atomic E-state index is -4.60. The molecule has 0 unspecified atom stereocenters. The molecule has 8 heteroatoms. The fourth-order valence-corrected chi connectivity index (χ4v) is 0. The average molecular weight is 168 g/mol. The Kier molecular flexibility index (Phi) is 5.33. The predicted molar refractivity (Wildman–Crippen MR) is 29.5 cm³/mol. The standard InChI is InChI=1S/CH3NO4S.CHNO/c2-1(3)7(4,5)6;2-1-3/h(H2,2,3)(H,4,5,6);2H. The molecule has 0 saturated carbocycles. The van der Waals surface area contributed by atoms with Crippen LogP contribution in [-0.2, 0) is 14.9 Å². The molecule has 0 aliphatic rings. The molecule has 0 fully saturated rings. The molecule has 0 aromatic rings. The average Bonchev–Trinajstić information content (AvgIpc) is 1.64. The molecule has 0 aromatic heterocycles. The van der Waals surface area contributed by atoms with Crippen molar-refractivity contribution in [3.8, 4) is 0 Å². The van der Waals surface area contributed by atoms with Gasteiger partial charge >= 0.3 is 15.4 Å². The number of hydrogen-bond acceptors (Lipinski definition) is 5. The molecule has 0 aliphatic heterocycles. The van der Waals surface area contributed by atoms with E-state index in [1.165, 1.54) is 0 Å². The Bertz CT molecular complexity index is 234. The van der Waals surface area contributed by atoms with Crippen LogP contribution >= 0.6 is 0 Å². The fourth-order valence-electron chi connectivity index (χ4n) is 0. The van der Waals surface area contributed by atoms with Crippen LogP contribution in [0.15, 0.2) is 0 Å². The second kappa shape index (κ2) is 4.62. The number of nitrogens with one attached hydrogen (secondary N) is 1. The van der Waals surface area contributed by atoms with Crippen molar-refractivity contribution in [2.45, 2.75) is 0 Å². The molecule has 0 atom stereocenters. The molecule has 0 saturated heterocycles. The van der Waals surface area contributed by atoms with E-state index in [9.17, 15) is 13.2 Å². The number of carbonyl (C=O) groups is 1. The summed E-state index contributed by atoms with van der Waals surface area (Å²) < 4.78 is 26.4. The van der Waals surface area contributed by atoms with Gasteiger partial charge in [-0.15, -0.1) is 0 Å². The highest BCUT2D eigenvalue weighted by Crippen LogP contribution is 1.75. The predicted octanol–water partition coefficient (Wildman–Crippen LogP) is -1.15. The molecule has 10 heavy (non-hydrogen) atoms. The maximum absolute atomic E-state index is 9.41. The van der Waals surface area contributed by atoms with Crippen LogP contribution in [0, 0.1) is 5.41 Å². The maximum Gasteiger partial charge on any atom is 0.361 e. The number of isocyanates is 1. The molecule has 4 N–H and O–H groups in total. The number of amides is 1. The zero-order valence-electron chi connectivity index (χ0n) is 4.57. The normalized spacial score (nSPS) is 8.50. The largest absolute Gasteiger partial charge is 0.361 e. The Hall–Kier alpha value is -1.24. The Morgan fingerprint density at radius 3 is 1.70 bits per heavy atom. The zero-order chi connectivity index (χ0) is 8.78. The van der Waals surface area contributed by atoms with E-state index in [2.05, 4.69) is 5.73 Å². The molecule has 0 heterocycles. The number of nitrogens with two attached hydrogens (primary N) is 1. The molecule has 0 aromatic carbocycles. The van der Waals surface area contributed by atoms with Crippen molar-refractivity contribution in [2.24, 2.45) is 5.73 Å². The van der Waals surface area contributed by atoms with Gasteiger partial charge in [0.2, 0.25) is 6.08 Å². The molecule has 0 rings (SSSR count). The summed E-state index contributed by atoms with van der Waals surface area (Å²) in [6.45, 7) is 0. The summed E-state index contributed by atoms with van der Waals surface area (Å²) in [5.74, 6) is 0. The molecular formula is C2H4N2O5S. The van der Waals surface area contributed by atoms with Crippen molar-refractivity contribution in [3.05, 3.63) is 0 Å². The lowest BCUT2D eigenvalue weighted by molar-refractivity contribution is 0.262. The minimum Gasteiger partial charge on any atom is -0.354 e. The van der Waals surface area contributed by atoms with Gasteiger partial charge < -0.3 is 5.73 Å². The number of carbonyl (C=O) groups excluding carboxylic acids is 2. The minimum absolute atomic E-state index is 0.750. The Balaban J connectivity index is 0. The first-order chi connectivity index (χ1) is 4.36. The fraction of sp³-hybridized carbons (Fsp3) is 0. The lowest BCUT2D eigenvalue weighted by atomic mass is 11.5. The monoisotopic (exact) mass is 168 g/mol. The summed E-state index contributed by atoms with van der Waals surface area (Å²) in [6.07, 6.45) is 0.750. The third kappa shape index (κ3) is 9.90. The van der Waals surface area contributed by atoms with Crippen LogP contribution in [0.3, 0.4) is 0 Å². The molecule has 0 aliphatic carbocycles. The van der Waals surface area contributed by atoms with E-state index in [1.807, 2.05) is 0 Å². The van der Waals surface area contributed by atoms with Gasteiger partial charge in [-0.2, -0.15) is 8.42 Å². The molecular weight excluding hydrogens is 164 g/mol. The van der Waals surface area contributed by atoms with Crippen LogP contribution in [0.5, 0.6) is 0 Å². The summed E-state index contributed by atoms with van der Waals surface area (Å²) >= 11 is 0. The van der Waals surface area contributed by atoms with Gasteiger partial charge in [-0.05, 0) is 0 Å². The summed E-state index contributed by atoms with van der Waals surface area (Å²) in [5, 5.41) is 3.67. The van der Waals surface area contributed by atoms with E-state index in [-0.39, 0.29) is 0 Å². The van der Waals surface area contributed by atoms with Gasteiger partial charge in [0.05, 0.1) is 0 Å². The van der Waals surface area contributed by atoms with Crippen LogP contribution < -0.4 is 5.73 Å². The smallest absolute Gasteiger partial charge is 0.354 e. The zero-order valence-corrected chi connectivity index (χ0v) is 5.38. The molecule has 1 amide bonds. The first-order valence-electron chi connectivity index (χ1n) is 1.67. The van der Waals surface area contributed by atoms with Crippen molar-refractivity contribution in [1.29, 1.82) is 5.41 Å². The van der Waals surface area contributed by atoms with E-state index in [1.54, 1.807) is 0 Å². The highest BCUT2D eigenvalue weighted by Gasteiger charge is 2.10. The number of hydrogen-bond donors (Lipinski definition) is 3. The van der Waals surface area contributed by atoms with Gasteiger partial charge in [-0.25, -0.2) is 10.2 Å². The first-order valence-corrected chi connectivity index (χ1v) is 3.11. The van der Waals surface area contributed by atoms with E-state index < -0.39 is 15.4 Å². The van der Waals surface area contributed by atoms with Crippen molar-refractivity contribution in [1.82, 2.24) is 0 Å². The molecule has 58 valence electrons.